The molecule has 0 saturated carbocycles. The topological polar surface area (TPSA) is 97.7 Å². The molecule has 8 nitrogen and oxygen atoms in total. The van der Waals surface area contributed by atoms with Crippen molar-refractivity contribution in [1.82, 2.24) is 4.57 Å². The fourth-order valence-corrected chi connectivity index (χ4v) is 8.66. The molecule has 1 fully saturated rings. The van der Waals surface area contributed by atoms with Crippen molar-refractivity contribution in [2.75, 3.05) is 17.3 Å². The van der Waals surface area contributed by atoms with Crippen LogP contribution in [0.25, 0.3) is 0 Å². The number of nitrogens with zero attached hydrogens (tertiary/aromatic N) is 2. The summed E-state index contributed by atoms with van der Waals surface area (Å²) in [7, 11) is 1.50. The molecule has 44 heavy (non-hydrogen) atoms. The number of nitrogens with one attached hydrogen (secondary N) is 1. The third kappa shape index (κ3) is 5.35. The lowest BCUT2D eigenvalue weighted by molar-refractivity contribution is -0.137. The Kier molecular flexibility index (Phi) is 7.92. The van der Waals surface area contributed by atoms with Gasteiger partial charge < -0.3 is 10.1 Å². The van der Waals surface area contributed by atoms with E-state index in [1.165, 1.54) is 19.2 Å². The van der Waals surface area contributed by atoms with Crippen LogP contribution in [0.5, 0.6) is 5.75 Å². The predicted octanol–water partition coefficient (Wildman–Crippen LogP) is 6.13. The number of methoxy groups -OCH3 is 1. The average Bonchev–Trinajstić information content (AvgIpc) is 3.43. The Hall–Kier alpha value is -3.88. The van der Waals surface area contributed by atoms with Crippen LogP contribution >= 0.6 is 39.0 Å². The van der Waals surface area contributed by atoms with Gasteiger partial charge in [-0.05, 0) is 54.1 Å². The monoisotopic (exact) mass is 703 g/mol. The Bertz CT molecular complexity index is 1860. The van der Waals surface area contributed by atoms with E-state index in [-0.39, 0.29) is 0 Å². The van der Waals surface area contributed by atoms with Crippen molar-refractivity contribution in [2.24, 2.45) is 5.92 Å². The molecule has 226 valence electrons. The maximum Gasteiger partial charge on any atom is 0.418 e. The molecule has 2 unspecified atom stereocenters. The van der Waals surface area contributed by atoms with E-state index in [1.807, 2.05) is 12.1 Å². The predicted molar refractivity (Wildman–Crippen MR) is 163 cm³/mol. The highest BCUT2D eigenvalue weighted by molar-refractivity contribution is 9.10. The van der Waals surface area contributed by atoms with Gasteiger partial charge in [-0.3, -0.25) is 23.7 Å². The lowest BCUT2D eigenvalue weighted by Crippen LogP contribution is -2.33. The smallest absolute Gasteiger partial charge is 0.418 e. The van der Waals surface area contributed by atoms with Crippen LogP contribution in [-0.2, 0) is 27.1 Å². The van der Waals surface area contributed by atoms with Crippen molar-refractivity contribution in [3.05, 3.63) is 103 Å². The summed E-state index contributed by atoms with van der Waals surface area (Å²) < 4.78 is 47.6. The summed E-state index contributed by atoms with van der Waals surface area (Å²) in [5.41, 5.74) is -0.403. The molecule has 14 heteroatoms. The van der Waals surface area contributed by atoms with Crippen LogP contribution < -0.4 is 19.8 Å². The molecule has 1 N–H and O–H groups in total. The molecule has 3 atom stereocenters. The van der Waals surface area contributed by atoms with E-state index in [0.717, 1.165) is 49.2 Å². The summed E-state index contributed by atoms with van der Waals surface area (Å²) in [6.45, 7) is -0.587. The number of rotatable bonds is 6. The van der Waals surface area contributed by atoms with Crippen LogP contribution in [0.1, 0.15) is 21.9 Å². The Morgan fingerprint density at radius 3 is 2.41 bits per heavy atom. The molecule has 2 aliphatic rings. The maximum atomic E-state index is 14.0. The largest absolute Gasteiger partial charge is 0.497 e. The van der Waals surface area contributed by atoms with Crippen LogP contribution in [0.3, 0.4) is 0 Å². The summed E-state index contributed by atoms with van der Waals surface area (Å²) in [5, 5.41) is 1.67. The second kappa shape index (κ2) is 11.6. The first kappa shape index (κ1) is 30.2. The Labute approximate surface area is 265 Å². The van der Waals surface area contributed by atoms with Crippen LogP contribution in [0.2, 0.25) is 0 Å². The van der Waals surface area contributed by atoms with Crippen molar-refractivity contribution in [3.8, 4) is 5.75 Å². The number of thiazole rings is 1. The highest BCUT2D eigenvalue weighted by atomic mass is 79.9. The number of ether oxygens (including phenoxy) is 1. The van der Waals surface area contributed by atoms with Gasteiger partial charge in [0.2, 0.25) is 17.7 Å². The van der Waals surface area contributed by atoms with Gasteiger partial charge in [-0.1, -0.05) is 63.3 Å². The number of para-hydroxylation sites is 1. The summed E-state index contributed by atoms with van der Waals surface area (Å²) >= 11 is 5.32. The van der Waals surface area contributed by atoms with E-state index < -0.39 is 63.7 Å². The van der Waals surface area contributed by atoms with Gasteiger partial charge in [-0.15, -0.1) is 0 Å². The van der Waals surface area contributed by atoms with Crippen LogP contribution in [0.15, 0.2) is 87.1 Å². The van der Waals surface area contributed by atoms with Crippen LogP contribution in [0.4, 0.5) is 24.5 Å². The van der Waals surface area contributed by atoms with Crippen molar-refractivity contribution in [2.45, 2.75) is 28.9 Å². The van der Waals surface area contributed by atoms with E-state index >= 15 is 0 Å². The first-order valence-corrected chi connectivity index (χ1v) is 15.6. The van der Waals surface area contributed by atoms with E-state index in [9.17, 15) is 32.3 Å². The maximum absolute atomic E-state index is 14.0. The number of imide groups is 1. The molecular weight excluding hydrogens is 683 g/mol. The third-order valence-electron chi connectivity index (χ3n) is 7.40. The quantitative estimate of drug-likeness (QED) is 0.243. The van der Waals surface area contributed by atoms with Gasteiger partial charge in [0.1, 0.15) is 17.5 Å². The fraction of sp³-hybridized carbons (Fsp3) is 0.200. The number of anilines is 2. The second-order valence-corrected chi connectivity index (χ2v) is 13.1. The third-order valence-corrected chi connectivity index (χ3v) is 10.5. The second-order valence-electron chi connectivity index (χ2n) is 10.0. The van der Waals surface area contributed by atoms with Crippen molar-refractivity contribution in [3.63, 3.8) is 0 Å². The SMILES string of the molecule is COc1ccc(N2C(=O)C3Sc4c(sc(=O)n4CC(=O)Nc4ccccc4C(F)(F)F)[C@H](c4cccc(Br)c4)C3C2=O)cc1. The minimum absolute atomic E-state index is 0.322. The number of hydrogen-bond donors (Lipinski definition) is 1. The zero-order valence-corrected chi connectivity index (χ0v) is 25.9. The number of carbonyl (C=O) groups excluding carboxylic acids is 3. The van der Waals surface area contributed by atoms with Gasteiger partial charge in [-0.2, -0.15) is 13.2 Å². The van der Waals surface area contributed by atoms with Crippen molar-refractivity contribution < 1.29 is 32.3 Å². The molecule has 2 aliphatic heterocycles. The number of aromatic nitrogens is 1. The zero-order valence-electron chi connectivity index (χ0n) is 22.6. The molecular formula is C30H21BrF3N3O5S2. The normalized spacial score (nSPS) is 19.5. The minimum Gasteiger partial charge on any atom is -0.497 e. The summed E-state index contributed by atoms with van der Waals surface area (Å²) in [6, 6.07) is 18.3. The lowest BCUT2D eigenvalue weighted by Gasteiger charge is -2.30. The minimum atomic E-state index is -4.70. The van der Waals surface area contributed by atoms with Crippen LogP contribution in [-0.4, -0.2) is 34.6 Å². The number of amides is 3. The molecule has 0 aliphatic carbocycles. The number of thioether (sulfide) groups is 1. The molecule has 3 heterocycles. The van der Waals surface area contributed by atoms with Crippen LogP contribution in [0, 0.1) is 5.92 Å². The fourth-order valence-electron chi connectivity index (χ4n) is 5.47. The van der Waals surface area contributed by atoms with Crippen molar-refractivity contribution in [1.29, 1.82) is 0 Å². The van der Waals surface area contributed by atoms with Gasteiger partial charge >= 0.3 is 11.0 Å². The number of carbonyl (C=O) groups is 3. The van der Waals surface area contributed by atoms with E-state index in [0.29, 0.717) is 26.9 Å². The molecule has 1 saturated heterocycles. The van der Waals surface area contributed by atoms with Crippen molar-refractivity contribution >= 4 is 68.1 Å². The molecule has 4 aromatic rings. The molecule has 3 aromatic carbocycles. The van der Waals surface area contributed by atoms with E-state index in [1.54, 1.807) is 36.4 Å². The number of hydrogen-bond acceptors (Lipinski definition) is 7. The summed E-state index contributed by atoms with van der Waals surface area (Å²) in [6.07, 6.45) is -4.70. The Morgan fingerprint density at radius 1 is 1.00 bits per heavy atom. The summed E-state index contributed by atoms with van der Waals surface area (Å²) in [5.74, 6) is -2.75. The first-order chi connectivity index (χ1) is 21.0. The lowest BCUT2D eigenvalue weighted by atomic mass is 9.83. The average molecular weight is 705 g/mol. The van der Waals surface area contributed by atoms with Gasteiger partial charge in [0, 0.05) is 15.3 Å². The van der Waals surface area contributed by atoms with Gasteiger partial charge in [0.15, 0.2) is 0 Å². The van der Waals surface area contributed by atoms with Gasteiger partial charge in [-0.25, -0.2) is 4.90 Å². The summed E-state index contributed by atoms with van der Waals surface area (Å²) in [4.78, 5) is 55.3. The number of benzene rings is 3. The Balaban J connectivity index is 1.39. The highest BCUT2D eigenvalue weighted by Crippen LogP contribution is 2.54. The van der Waals surface area contributed by atoms with E-state index in [4.69, 9.17) is 4.74 Å². The molecule has 0 radical (unpaired) electrons. The number of halogens is 4. The number of fused-ring (bicyclic) bond motifs is 2. The molecule has 1 aromatic heterocycles. The van der Waals surface area contributed by atoms with E-state index in [2.05, 4.69) is 21.2 Å². The highest BCUT2D eigenvalue weighted by Gasteiger charge is 2.56. The first-order valence-electron chi connectivity index (χ1n) is 13.1. The molecule has 3 amide bonds. The number of alkyl halides is 3. The van der Waals surface area contributed by atoms with Gasteiger partial charge in [0.05, 0.1) is 35.0 Å². The molecule has 6 rings (SSSR count). The zero-order chi connectivity index (χ0) is 31.3. The van der Waals surface area contributed by atoms with Gasteiger partial charge in [0.25, 0.3) is 0 Å². The molecule has 0 bridgehead atoms. The standard InChI is InChI=1S/C30H21BrF3N3O5S2/c1-42-18-11-9-17(10-12-18)37-26(39)23-22(15-5-4-6-16(31)13-15)25-28(43-24(23)27(37)40)36(29(41)44-25)14-21(38)35-20-8-3-2-7-19(20)30(32,33)34/h2-13,22-24H,14H2,1H3,(H,35,38)/t22-,23?,24?/m1/s1. The molecule has 0 spiro atoms. The Morgan fingerprint density at radius 2 is 1.73 bits per heavy atom.